The molecule has 5 amide bonds. The first kappa shape index (κ1) is 39.1. The lowest BCUT2D eigenvalue weighted by molar-refractivity contribution is -0.143. The topological polar surface area (TPSA) is 156 Å². The van der Waals surface area contributed by atoms with E-state index in [0.29, 0.717) is 35.8 Å². The Morgan fingerprint density at radius 1 is 0.981 bits per heavy atom. The van der Waals surface area contributed by atoms with E-state index in [1.165, 1.54) is 45.2 Å². The zero-order valence-corrected chi connectivity index (χ0v) is 30.3. The molecule has 2 aliphatic rings. The van der Waals surface area contributed by atoms with E-state index < -0.39 is 41.7 Å². The van der Waals surface area contributed by atoms with Gasteiger partial charge in [-0.05, 0) is 66.4 Å². The summed E-state index contributed by atoms with van der Waals surface area (Å²) in [5.41, 5.74) is 2.07. The van der Waals surface area contributed by atoms with E-state index in [0.717, 1.165) is 16.0 Å². The molecular weight excluding hydrogens is 673 g/mol. The third-order valence-electron chi connectivity index (χ3n) is 8.93. The number of likely N-dealkylation sites (N-methyl/N-ethyl adjacent to an activating group) is 2. The van der Waals surface area contributed by atoms with E-state index in [2.05, 4.69) is 16.0 Å². The van der Waals surface area contributed by atoms with E-state index in [1.807, 2.05) is 24.3 Å². The van der Waals surface area contributed by atoms with Gasteiger partial charge >= 0.3 is 0 Å². The number of nitrogens with one attached hydrogen (secondary N) is 3. The number of nitrogens with zero attached hydrogens (tertiary/aromatic N) is 2. The first-order chi connectivity index (χ1) is 24.8. The monoisotopic (exact) mass is 719 g/mol. The summed E-state index contributed by atoms with van der Waals surface area (Å²) in [6, 6.07) is 13.6. The summed E-state index contributed by atoms with van der Waals surface area (Å²) >= 11 is 0. The number of ether oxygens (including phenoxy) is 3. The molecule has 2 aliphatic heterocycles. The highest BCUT2D eigenvalue weighted by Crippen LogP contribution is 2.33. The van der Waals surface area contributed by atoms with Gasteiger partial charge in [0.15, 0.2) is 23.1 Å². The Bertz CT molecular complexity index is 1770. The molecule has 14 heteroatoms. The molecule has 2 heterocycles. The zero-order valence-electron chi connectivity index (χ0n) is 30.3. The van der Waals surface area contributed by atoms with Gasteiger partial charge in [-0.3, -0.25) is 24.0 Å². The van der Waals surface area contributed by atoms with Crippen molar-refractivity contribution < 1.29 is 42.6 Å². The summed E-state index contributed by atoms with van der Waals surface area (Å²) in [6.45, 7) is 3.06. The lowest BCUT2D eigenvalue weighted by Gasteiger charge is -2.32. The van der Waals surface area contributed by atoms with E-state index in [4.69, 9.17) is 14.2 Å². The molecule has 0 unspecified atom stereocenters. The Morgan fingerprint density at radius 2 is 1.65 bits per heavy atom. The summed E-state index contributed by atoms with van der Waals surface area (Å²) < 4.78 is 31.1. The molecule has 0 saturated carbocycles. The van der Waals surface area contributed by atoms with Crippen molar-refractivity contribution in [1.29, 1.82) is 0 Å². The van der Waals surface area contributed by atoms with Crippen LogP contribution in [0.15, 0.2) is 60.7 Å². The number of amides is 5. The minimum Gasteiger partial charge on any atom is -0.494 e. The summed E-state index contributed by atoms with van der Waals surface area (Å²) in [5.74, 6) is -1.46. The molecule has 52 heavy (non-hydrogen) atoms. The van der Waals surface area contributed by atoms with E-state index in [9.17, 15) is 28.4 Å². The molecule has 0 aliphatic carbocycles. The van der Waals surface area contributed by atoms with Gasteiger partial charge in [0.2, 0.25) is 29.5 Å². The van der Waals surface area contributed by atoms with Crippen molar-refractivity contribution in [2.75, 3.05) is 41.4 Å². The van der Waals surface area contributed by atoms with Crippen LogP contribution in [-0.4, -0.2) is 98.9 Å². The Hall–Kier alpha value is -5.66. The average Bonchev–Trinajstić information content (AvgIpc) is 3.14. The van der Waals surface area contributed by atoms with Crippen molar-refractivity contribution in [2.45, 2.75) is 57.7 Å². The molecule has 0 spiro atoms. The zero-order chi connectivity index (χ0) is 37.9. The molecule has 3 aromatic rings. The number of fused-ring (bicyclic) bond motifs is 7. The number of hydrogen-bond donors (Lipinski definition) is 3. The minimum atomic E-state index is -1.18. The van der Waals surface area contributed by atoms with Crippen LogP contribution in [0.25, 0.3) is 0 Å². The molecule has 13 nitrogen and oxygen atoms in total. The van der Waals surface area contributed by atoms with Crippen LogP contribution >= 0.6 is 0 Å². The van der Waals surface area contributed by atoms with Gasteiger partial charge in [0.25, 0.3) is 0 Å². The number of rotatable bonds is 12. The van der Waals surface area contributed by atoms with Gasteiger partial charge in [0.1, 0.15) is 23.9 Å². The summed E-state index contributed by atoms with van der Waals surface area (Å²) in [6.07, 6.45) is 0.736. The SMILES string of the molecule is CCC(=O)NCC(=O)N(C)[C@@H](Cc1ccc(OC)c(F)c1)C(=O)N[C@@H](C)C(=O)N(C)[C@H]1Cc2ccc(cc2)Oc2cc(ccc2OC)CCNC1=O. The summed E-state index contributed by atoms with van der Waals surface area (Å²) in [5, 5.41) is 8.12. The highest BCUT2D eigenvalue weighted by molar-refractivity contribution is 5.94. The maximum absolute atomic E-state index is 14.6. The highest BCUT2D eigenvalue weighted by atomic mass is 19.1. The van der Waals surface area contributed by atoms with Crippen molar-refractivity contribution in [2.24, 2.45) is 0 Å². The van der Waals surface area contributed by atoms with Gasteiger partial charge < -0.3 is 40.0 Å². The highest BCUT2D eigenvalue weighted by Gasteiger charge is 2.34. The predicted molar refractivity (Wildman–Crippen MR) is 191 cm³/mol. The molecule has 0 aromatic heterocycles. The van der Waals surface area contributed by atoms with E-state index in [1.54, 1.807) is 38.3 Å². The quantitative estimate of drug-likeness (QED) is 0.258. The predicted octanol–water partition coefficient (Wildman–Crippen LogP) is 2.78. The normalized spacial score (nSPS) is 15.1. The number of hydrogen-bond acceptors (Lipinski definition) is 8. The Labute approximate surface area is 302 Å². The van der Waals surface area contributed by atoms with Gasteiger partial charge in [-0.2, -0.15) is 0 Å². The molecular formula is C38H46FN5O8. The molecule has 3 aromatic carbocycles. The largest absolute Gasteiger partial charge is 0.494 e. The Morgan fingerprint density at radius 3 is 2.31 bits per heavy atom. The van der Waals surface area contributed by atoms with Gasteiger partial charge in [-0.15, -0.1) is 0 Å². The summed E-state index contributed by atoms with van der Waals surface area (Å²) in [7, 11) is 5.78. The van der Waals surface area contributed by atoms with Gasteiger partial charge in [-0.25, -0.2) is 4.39 Å². The molecule has 3 N–H and O–H groups in total. The van der Waals surface area contributed by atoms with Crippen LogP contribution in [0, 0.1) is 5.82 Å². The van der Waals surface area contributed by atoms with Crippen LogP contribution in [0.1, 0.15) is 37.0 Å². The van der Waals surface area contributed by atoms with Crippen molar-refractivity contribution >= 4 is 29.5 Å². The lowest BCUT2D eigenvalue weighted by Crippen LogP contribution is -2.57. The fourth-order valence-corrected chi connectivity index (χ4v) is 5.75. The van der Waals surface area contributed by atoms with Crippen LogP contribution in [0.4, 0.5) is 4.39 Å². The van der Waals surface area contributed by atoms with Crippen LogP contribution in [0.2, 0.25) is 0 Å². The maximum Gasteiger partial charge on any atom is 0.245 e. The molecule has 278 valence electrons. The van der Waals surface area contributed by atoms with Crippen LogP contribution in [0.5, 0.6) is 23.0 Å². The second-order valence-corrected chi connectivity index (χ2v) is 12.5. The summed E-state index contributed by atoms with van der Waals surface area (Å²) in [4.78, 5) is 68.6. The average molecular weight is 720 g/mol. The Balaban J connectivity index is 1.53. The molecule has 0 fully saturated rings. The third kappa shape index (κ3) is 9.98. The maximum atomic E-state index is 14.6. The molecule has 4 bridgehead atoms. The van der Waals surface area contributed by atoms with Crippen LogP contribution in [0.3, 0.4) is 0 Å². The first-order valence-electron chi connectivity index (χ1n) is 17.0. The third-order valence-corrected chi connectivity index (χ3v) is 8.93. The second kappa shape index (κ2) is 18.0. The number of benzene rings is 3. The fourth-order valence-electron chi connectivity index (χ4n) is 5.75. The van der Waals surface area contributed by atoms with Crippen LogP contribution < -0.4 is 30.2 Å². The minimum absolute atomic E-state index is 0.0136. The lowest BCUT2D eigenvalue weighted by atomic mass is 10.0. The number of carbonyl (C=O) groups excluding carboxylic acids is 5. The van der Waals surface area contributed by atoms with E-state index >= 15 is 0 Å². The van der Waals surface area contributed by atoms with Crippen molar-refractivity contribution in [3.05, 3.63) is 83.2 Å². The van der Waals surface area contributed by atoms with Gasteiger partial charge in [-0.1, -0.05) is 31.2 Å². The Kier molecular flexibility index (Phi) is 13.6. The van der Waals surface area contributed by atoms with E-state index in [-0.39, 0.29) is 43.4 Å². The molecule has 5 rings (SSSR count). The standard InChI is InChI=1S/C38H46FN5O8/c1-7-34(45)41-22-35(46)43(3)30(20-26-11-14-31(50-5)28(39)18-26)37(48)42-23(2)38(49)44(4)29-19-24-8-12-27(13-9-24)52-33-21-25(10-15-32(33)51-6)16-17-40-36(29)47/h8-15,18,21,23,29-30H,7,16-17,19-20,22H2,1-6H3,(H,40,47)(H,41,45)(H,42,48)/t23-,29-,30-/m0/s1. The molecule has 0 saturated heterocycles. The number of halogens is 1. The van der Waals surface area contributed by atoms with Crippen molar-refractivity contribution in [3.8, 4) is 23.0 Å². The molecule has 3 atom stereocenters. The first-order valence-corrected chi connectivity index (χ1v) is 17.0. The fraction of sp³-hybridized carbons (Fsp3) is 0.395. The second-order valence-electron chi connectivity index (χ2n) is 12.5. The molecule has 0 radical (unpaired) electrons. The number of carbonyl (C=O) groups is 5. The number of methoxy groups -OCH3 is 2. The van der Waals surface area contributed by atoms with Crippen molar-refractivity contribution in [1.82, 2.24) is 25.8 Å². The van der Waals surface area contributed by atoms with Gasteiger partial charge in [0, 0.05) is 39.9 Å². The smallest absolute Gasteiger partial charge is 0.245 e. The van der Waals surface area contributed by atoms with Gasteiger partial charge in [0.05, 0.1) is 20.8 Å². The van der Waals surface area contributed by atoms with Crippen LogP contribution in [-0.2, 0) is 43.2 Å². The van der Waals surface area contributed by atoms with Crippen molar-refractivity contribution in [3.63, 3.8) is 0 Å².